The number of hydrogen-bond donors (Lipinski definition) is 3. The van der Waals surface area contributed by atoms with Gasteiger partial charge in [-0.05, 0) is 24.1 Å². The van der Waals surface area contributed by atoms with E-state index in [1.807, 2.05) is 12.1 Å². The van der Waals surface area contributed by atoms with Crippen LogP contribution in [0, 0.1) is 12.7 Å². The Bertz CT molecular complexity index is 393. The molecule has 4 heteroatoms. The highest BCUT2D eigenvalue weighted by molar-refractivity contribution is 5.29. The highest BCUT2D eigenvalue weighted by Crippen LogP contribution is 2.24. The molecule has 1 unspecified atom stereocenters. The Morgan fingerprint density at radius 2 is 2.11 bits per heavy atom. The number of nitrogens with one attached hydrogen (secondary N) is 1. The predicted octanol–water partition coefficient (Wildman–Crippen LogP) is 1.32. The molecule has 0 heterocycles. The van der Waals surface area contributed by atoms with Gasteiger partial charge in [0.25, 0.3) is 0 Å². The molecule has 1 atom stereocenters. The molecular weight excluding hydrogens is 231 g/mol. The Morgan fingerprint density at radius 3 is 2.67 bits per heavy atom. The summed E-state index contributed by atoms with van der Waals surface area (Å²) in [6, 6.07) is 4.96. The van der Waals surface area contributed by atoms with E-state index in [1.165, 1.54) is 6.07 Å². The summed E-state index contributed by atoms with van der Waals surface area (Å²) in [4.78, 5) is 0. The maximum atomic E-state index is 13.2. The molecular formula is C14H23FN2O. The number of aryl methyl sites for hydroxylation is 1. The lowest BCUT2D eigenvalue weighted by atomic mass is 9.84. The van der Waals surface area contributed by atoms with Gasteiger partial charge in [0.05, 0.1) is 6.61 Å². The number of aliphatic hydroxyl groups is 1. The van der Waals surface area contributed by atoms with Crippen LogP contribution in [0.3, 0.4) is 0 Å². The molecule has 0 aliphatic rings. The molecule has 4 N–H and O–H groups in total. The molecule has 0 amide bonds. The first-order valence-corrected chi connectivity index (χ1v) is 6.20. The Kier molecular flexibility index (Phi) is 5.26. The maximum Gasteiger partial charge on any atom is 0.126 e. The summed E-state index contributed by atoms with van der Waals surface area (Å²) in [6.45, 7) is 7.23. The van der Waals surface area contributed by atoms with Crippen LogP contribution in [0.25, 0.3) is 0 Å². The van der Waals surface area contributed by atoms with Crippen molar-refractivity contribution in [1.82, 2.24) is 5.32 Å². The van der Waals surface area contributed by atoms with Crippen LogP contribution in [0.5, 0.6) is 0 Å². The number of halogens is 1. The second-order valence-corrected chi connectivity index (χ2v) is 5.42. The van der Waals surface area contributed by atoms with Gasteiger partial charge >= 0.3 is 0 Å². The topological polar surface area (TPSA) is 58.3 Å². The molecule has 1 rings (SSSR count). The standard InChI is InChI=1S/C14H23FN2O/c1-10-6-11(4-5-13(10)15)14(2,3)9-17-7-12(16)8-18/h4-6,12,17-18H,7-9,16H2,1-3H3. The molecule has 0 bridgehead atoms. The molecule has 3 nitrogen and oxygen atoms in total. The van der Waals surface area contributed by atoms with Crippen molar-refractivity contribution in [3.63, 3.8) is 0 Å². The van der Waals surface area contributed by atoms with E-state index < -0.39 is 0 Å². The van der Waals surface area contributed by atoms with Crippen LogP contribution in [-0.4, -0.2) is 30.8 Å². The van der Waals surface area contributed by atoms with Crippen LogP contribution in [0.4, 0.5) is 4.39 Å². The van der Waals surface area contributed by atoms with E-state index in [4.69, 9.17) is 10.8 Å². The fourth-order valence-electron chi connectivity index (χ4n) is 1.80. The molecule has 0 saturated heterocycles. The first-order chi connectivity index (χ1) is 8.36. The summed E-state index contributed by atoms with van der Waals surface area (Å²) in [5, 5.41) is 12.1. The Labute approximate surface area is 108 Å². The van der Waals surface area contributed by atoms with Crippen molar-refractivity contribution in [1.29, 1.82) is 0 Å². The van der Waals surface area contributed by atoms with Crippen molar-refractivity contribution in [2.45, 2.75) is 32.2 Å². The quantitative estimate of drug-likeness (QED) is 0.717. The molecule has 0 saturated carbocycles. The average Bonchev–Trinajstić information content (AvgIpc) is 2.32. The zero-order valence-electron chi connectivity index (χ0n) is 11.3. The maximum absolute atomic E-state index is 13.2. The van der Waals surface area contributed by atoms with E-state index in [-0.39, 0.29) is 23.9 Å². The number of hydrogen-bond acceptors (Lipinski definition) is 3. The van der Waals surface area contributed by atoms with Crippen LogP contribution in [0.1, 0.15) is 25.0 Å². The minimum Gasteiger partial charge on any atom is -0.395 e. The molecule has 102 valence electrons. The number of benzene rings is 1. The van der Waals surface area contributed by atoms with Crippen LogP contribution >= 0.6 is 0 Å². The van der Waals surface area contributed by atoms with Crippen LogP contribution in [0.15, 0.2) is 18.2 Å². The zero-order valence-corrected chi connectivity index (χ0v) is 11.3. The Hall–Kier alpha value is -0.970. The Balaban J connectivity index is 2.64. The van der Waals surface area contributed by atoms with E-state index >= 15 is 0 Å². The average molecular weight is 254 g/mol. The van der Waals surface area contributed by atoms with Gasteiger partial charge in [0, 0.05) is 24.5 Å². The van der Waals surface area contributed by atoms with Crippen LogP contribution in [0.2, 0.25) is 0 Å². The van der Waals surface area contributed by atoms with Gasteiger partial charge in [-0.25, -0.2) is 4.39 Å². The highest BCUT2D eigenvalue weighted by atomic mass is 19.1. The van der Waals surface area contributed by atoms with Gasteiger partial charge in [0.15, 0.2) is 0 Å². The minimum absolute atomic E-state index is 0.0247. The van der Waals surface area contributed by atoms with Gasteiger partial charge in [-0.3, -0.25) is 0 Å². The smallest absolute Gasteiger partial charge is 0.126 e. The molecule has 0 aliphatic carbocycles. The molecule has 1 aromatic carbocycles. The summed E-state index contributed by atoms with van der Waals surface area (Å²) in [5.74, 6) is -0.176. The second-order valence-electron chi connectivity index (χ2n) is 5.42. The first-order valence-electron chi connectivity index (χ1n) is 6.20. The Morgan fingerprint density at radius 1 is 1.44 bits per heavy atom. The van der Waals surface area contributed by atoms with E-state index in [1.54, 1.807) is 6.92 Å². The largest absolute Gasteiger partial charge is 0.395 e. The molecule has 0 aromatic heterocycles. The normalized spacial score (nSPS) is 13.7. The van der Waals surface area contributed by atoms with Crippen molar-refractivity contribution in [3.8, 4) is 0 Å². The molecule has 0 aliphatic heterocycles. The van der Waals surface area contributed by atoms with Crippen molar-refractivity contribution in [3.05, 3.63) is 35.1 Å². The number of rotatable bonds is 6. The molecule has 1 aromatic rings. The van der Waals surface area contributed by atoms with Gasteiger partial charge in [-0.1, -0.05) is 26.0 Å². The lowest BCUT2D eigenvalue weighted by molar-refractivity contribution is 0.260. The van der Waals surface area contributed by atoms with Gasteiger partial charge in [0.1, 0.15) is 5.82 Å². The van der Waals surface area contributed by atoms with E-state index in [0.717, 1.165) is 12.1 Å². The molecule has 0 fully saturated rings. The lowest BCUT2D eigenvalue weighted by Crippen LogP contribution is -2.41. The molecule has 0 spiro atoms. The zero-order chi connectivity index (χ0) is 13.8. The fourth-order valence-corrected chi connectivity index (χ4v) is 1.80. The van der Waals surface area contributed by atoms with Gasteiger partial charge in [-0.2, -0.15) is 0 Å². The summed E-state index contributed by atoms with van der Waals surface area (Å²) >= 11 is 0. The van der Waals surface area contributed by atoms with Gasteiger partial charge in [-0.15, -0.1) is 0 Å². The monoisotopic (exact) mass is 254 g/mol. The van der Waals surface area contributed by atoms with E-state index in [0.29, 0.717) is 12.1 Å². The summed E-state index contributed by atoms with van der Waals surface area (Å²) in [5.41, 5.74) is 7.27. The van der Waals surface area contributed by atoms with E-state index in [9.17, 15) is 4.39 Å². The van der Waals surface area contributed by atoms with Gasteiger partial charge in [0.2, 0.25) is 0 Å². The third-order valence-electron chi connectivity index (χ3n) is 3.15. The lowest BCUT2D eigenvalue weighted by Gasteiger charge is -2.27. The minimum atomic E-state index is -0.240. The van der Waals surface area contributed by atoms with Crippen molar-refractivity contribution >= 4 is 0 Å². The number of aliphatic hydroxyl groups excluding tert-OH is 1. The van der Waals surface area contributed by atoms with Crippen LogP contribution < -0.4 is 11.1 Å². The van der Waals surface area contributed by atoms with Crippen molar-refractivity contribution < 1.29 is 9.50 Å². The predicted molar refractivity (Wildman–Crippen MR) is 72.1 cm³/mol. The summed E-state index contributed by atoms with van der Waals surface area (Å²) < 4.78 is 13.2. The van der Waals surface area contributed by atoms with Gasteiger partial charge < -0.3 is 16.2 Å². The number of nitrogens with two attached hydrogens (primary N) is 1. The molecule has 18 heavy (non-hydrogen) atoms. The summed E-state index contributed by atoms with van der Waals surface area (Å²) in [7, 11) is 0. The second kappa shape index (κ2) is 6.27. The SMILES string of the molecule is Cc1cc(C(C)(C)CNCC(N)CO)ccc1F. The molecule has 0 radical (unpaired) electrons. The van der Waals surface area contributed by atoms with Crippen molar-refractivity contribution in [2.24, 2.45) is 5.73 Å². The fraction of sp³-hybridized carbons (Fsp3) is 0.571. The third kappa shape index (κ3) is 4.05. The highest BCUT2D eigenvalue weighted by Gasteiger charge is 2.21. The first kappa shape index (κ1) is 15.1. The van der Waals surface area contributed by atoms with Crippen molar-refractivity contribution in [2.75, 3.05) is 19.7 Å². The summed E-state index contributed by atoms with van der Waals surface area (Å²) in [6.07, 6.45) is 0. The van der Waals surface area contributed by atoms with Crippen LogP contribution in [-0.2, 0) is 5.41 Å². The third-order valence-corrected chi connectivity index (χ3v) is 3.15. The van der Waals surface area contributed by atoms with E-state index in [2.05, 4.69) is 19.2 Å².